The molecule has 0 aromatic heterocycles. The van der Waals surface area contributed by atoms with E-state index in [9.17, 15) is 31.1 Å². The Morgan fingerprint density at radius 3 is 2.22 bits per heavy atom. The first kappa shape index (κ1) is 24.5. The zero-order valence-corrected chi connectivity index (χ0v) is 17.8. The van der Waals surface area contributed by atoms with E-state index in [0.717, 1.165) is 6.07 Å². The van der Waals surface area contributed by atoms with Gasteiger partial charge in [-0.05, 0) is 29.8 Å². The summed E-state index contributed by atoms with van der Waals surface area (Å²) < 4.78 is 79.2. The highest BCUT2D eigenvalue weighted by atomic mass is 35.5. The quantitative estimate of drug-likeness (QED) is 0.435. The Balaban J connectivity index is 1.97. The molecule has 0 bridgehead atoms. The van der Waals surface area contributed by atoms with Crippen molar-refractivity contribution in [2.75, 3.05) is 5.32 Å². The Kier molecular flexibility index (Phi) is 6.88. The van der Waals surface area contributed by atoms with Crippen LogP contribution < -0.4 is 5.32 Å². The van der Waals surface area contributed by atoms with E-state index in [1.807, 2.05) is 5.32 Å². The van der Waals surface area contributed by atoms with E-state index in [1.54, 1.807) is 0 Å². The Labute approximate surface area is 192 Å². The third-order valence-corrected chi connectivity index (χ3v) is 5.18. The first-order valence-corrected chi connectivity index (χ1v) is 9.81. The molecule has 1 amide bonds. The molecule has 2 aromatic rings. The Morgan fingerprint density at radius 1 is 1.03 bits per heavy atom. The number of rotatable bonds is 4. The number of carbonyl (C=O) groups is 1. The number of carbonyl (C=O) groups excluding carboxylic acids is 1. The minimum absolute atomic E-state index is 0.00864. The molecule has 32 heavy (non-hydrogen) atoms. The van der Waals surface area contributed by atoms with Crippen LogP contribution in [0.15, 0.2) is 41.6 Å². The third-order valence-electron chi connectivity index (χ3n) is 4.34. The van der Waals surface area contributed by atoms with Gasteiger partial charge in [-0.2, -0.15) is 26.3 Å². The second-order valence-electron chi connectivity index (χ2n) is 6.73. The van der Waals surface area contributed by atoms with Crippen molar-refractivity contribution in [3.63, 3.8) is 0 Å². The molecule has 4 nitrogen and oxygen atoms in total. The number of hydrogen-bond donors (Lipinski definition) is 1. The summed E-state index contributed by atoms with van der Waals surface area (Å²) in [5.74, 6) is -3.73. The molecule has 1 aliphatic rings. The highest BCUT2D eigenvalue weighted by molar-refractivity contribution is 6.37. The Morgan fingerprint density at radius 2 is 1.66 bits per heavy atom. The fraction of sp³-hybridized carbons (Fsp3) is 0.263. The van der Waals surface area contributed by atoms with Gasteiger partial charge >= 0.3 is 12.4 Å². The van der Waals surface area contributed by atoms with E-state index < -0.39 is 47.4 Å². The number of alkyl halides is 6. The summed E-state index contributed by atoms with van der Waals surface area (Å²) in [5.41, 5.74) is -1.18. The van der Waals surface area contributed by atoms with Gasteiger partial charge in [-0.25, -0.2) is 0 Å². The monoisotopic (exact) mass is 518 g/mol. The van der Waals surface area contributed by atoms with E-state index in [-0.39, 0.29) is 26.9 Å². The molecule has 1 heterocycles. The van der Waals surface area contributed by atoms with Crippen molar-refractivity contribution in [2.45, 2.75) is 24.9 Å². The van der Waals surface area contributed by atoms with Gasteiger partial charge in [0.1, 0.15) is 18.1 Å². The van der Waals surface area contributed by atoms with E-state index >= 15 is 0 Å². The average Bonchev–Trinajstić information content (AvgIpc) is 3.06. The second kappa shape index (κ2) is 8.99. The largest absolute Gasteiger partial charge is 0.401 e. The van der Waals surface area contributed by atoms with Gasteiger partial charge in [0, 0.05) is 15.6 Å². The number of nitrogens with one attached hydrogen (secondary N) is 1. The molecule has 1 aliphatic heterocycles. The molecule has 0 saturated heterocycles. The SMILES string of the molecule is O=C(CC(F)(F)F)Nc1cccc(C2=NO[C@H](c3cc(Cl)cc(Cl)c3)C2C(F)(F)F)c1Cl. The van der Waals surface area contributed by atoms with Crippen molar-refractivity contribution >= 4 is 52.1 Å². The highest BCUT2D eigenvalue weighted by Gasteiger charge is 2.54. The number of nitrogens with zero attached hydrogens (tertiary/aromatic N) is 1. The van der Waals surface area contributed by atoms with Crippen LogP contribution in [0.3, 0.4) is 0 Å². The minimum atomic E-state index is -4.85. The highest BCUT2D eigenvalue weighted by Crippen LogP contribution is 2.47. The Bertz CT molecular complexity index is 1050. The fourth-order valence-corrected chi connectivity index (χ4v) is 3.93. The first-order valence-electron chi connectivity index (χ1n) is 8.68. The molecule has 0 fully saturated rings. The Hall–Kier alpha value is -2.17. The van der Waals surface area contributed by atoms with Gasteiger partial charge in [0.15, 0.2) is 6.10 Å². The smallest absolute Gasteiger partial charge is 0.386 e. The molecule has 2 atom stereocenters. The van der Waals surface area contributed by atoms with Crippen molar-refractivity contribution in [1.29, 1.82) is 0 Å². The first-order chi connectivity index (χ1) is 14.8. The van der Waals surface area contributed by atoms with Crippen LogP contribution in [0.1, 0.15) is 23.7 Å². The molecule has 2 aromatic carbocycles. The topological polar surface area (TPSA) is 50.7 Å². The second-order valence-corrected chi connectivity index (χ2v) is 7.98. The average molecular weight is 520 g/mol. The van der Waals surface area contributed by atoms with Crippen molar-refractivity contribution < 1.29 is 36.0 Å². The molecular weight excluding hydrogens is 509 g/mol. The number of amides is 1. The predicted molar refractivity (Wildman–Crippen MR) is 107 cm³/mol. The van der Waals surface area contributed by atoms with Crippen molar-refractivity contribution in [1.82, 2.24) is 0 Å². The molecule has 1 N–H and O–H groups in total. The molecule has 13 heteroatoms. The normalized spacial score (nSPS) is 18.8. The lowest BCUT2D eigenvalue weighted by Crippen LogP contribution is -2.33. The van der Waals surface area contributed by atoms with Crippen LogP contribution in [-0.4, -0.2) is 24.0 Å². The van der Waals surface area contributed by atoms with Crippen LogP contribution in [-0.2, 0) is 9.63 Å². The van der Waals surface area contributed by atoms with Gasteiger partial charge in [-0.1, -0.05) is 52.1 Å². The van der Waals surface area contributed by atoms with Crippen molar-refractivity contribution in [2.24, 2.45) is 11.1 Å². The number of anilines is 1. The summed E-state index contributed by atoms with van der Waals surface area (Å²) in [6.45, 7) is 0. The maximum absolute atomic E-state index is 14.0. The van der Waals surface area contributed by atoms with E-state index in [1.165, 1.54) is 30.3 Å². The third kappa shape index (κ3) is 5.60. The van der Waals surface area contributed by atoms with E-state index in [0.29, 0.717) is 0 Å². The molecule has 0 radical (unpaired) electrons. The van der Waals surface area contributed by atoms with Crippen LogP contribution in [0.4, 0.5) is 32.0 Å². The summed E-state index contributed by atoms with van der Waals surface area (Å²) in [6, 6.07) is 7.35. The van der Waals surface area contributed by atoms with Gasteiger partial charge in [0.05, 0.1) is 10.7 Å². The molecule has 3 rings (SSSR count). The van der Waals surface area contributed by atoms with Crippen LogP contribution in [0, 0.1) is 5.92 Å². The molecule has 172 valence electrons. The lowest BCUT2D eigenvalue weighted by atomic mass is 9.88. The lowest BCUT2D eigenvalue weighted by molar-refractivity contribution is -0.177. The summed E-state index contributed by atoms with van der Waals surface area (Å²) in [7, 11) is 0. The van der Waals surface area contributed by atoms with Crippen molar-refractivity contribution in [3.8, 4) is 0 Å². The number of hydrogen-bond acceptors (Lipinski definition) is 3. The minimum Gasteiger partial charge on any atom is -0.386 e. The molecule has 1 unspecified atom stereocenters. The fourth-order valence-electron chi connectivity index (χ4n) is 3.11. The van der Waals surface area contributed by atoms with E-state index in [4.69, 9.17) is 39.6 Å². The van der Waals surface area contributed by atoms with Gasteiger partial charge in [0.25, 0.3) is 0 Å². The van der Waals surface area contributed by atoms with Crippen molar-refractivity contribution in [3.05, 3.63) is 62.6 Å². The molecular formula is C19H11Cl3F6N2O2. The summed E-state index contributed by atoms with van der Waals surface area (Å²) in [6.07, 6.45) is -13.1. The van der Waals surface area contributed by atoms with Crippen LogP contribution >= 0.6 is 34.8 Å². The summed E-state index contributed by atoms with van der Waals surface area (Å²) in [4.78, 5) is 16.6. The number of benzene rings is 2. The van der Waals surface area contributed by atoms with Crippen LogP contribution in [0.5, 0.6) is 0 Å². The van der Waals surface area contributed by atoms with Gasteiger partial charge in [-0.3, -0.25) is 4.79 Å². The van der Waals surface area contributed by atoms with Gasteiger partial charge in [0.2, 0.25) is 5.91 Å². The molecule has 0 saturated carbocycles. The van der Waals surface area contributed by atoms with Crippen LogP contribution in [0.2, 0.25) is 15.1 Å². The number of halogens is 9. The standard InChI is InChI=1S/C19H11Cl3F6N2O2/c20-9-4-8(5-10(21)6-9)17-14(19(26,27)28)16(30-32-17)11-2-1-3-12(15(11)22)29-13(31)7-18(23,24)25/h1-6,14,17H,7H2,(H,29,31)/t14?,17-/m1/s1. The molecule has 0 aliphatic carbocycles. The van der Waals surface area contributed by atoms with Gasteiger partial charge < -0.3 is 10.2 Å². The molecule has 0 spiro atoms. The zero-order chi connectivity index (χ0) is 23.8. The maximum atomic E-state index is 14.0. The summed E-state index contributed by atoms with van der Waals surface area (Å²) in [5, 5.41) is 5.22. The van der Waals surface area contributed by atoms with Crippen LogP contribution in [0.25, 0.3) is 0 Å². The predicted octanol–water partition coefficient (Wildman–Crippen LogP) is 7.19. The number of oxime groups is 1. The maximum Gasteiger partial charge on any atom is 0.401 e. The lowest BCUT2D eigenvalue weighted by Gasteiger charge is -2.23. The van der Waals surface area contributed by atoms with E-state index in [2.05, 4.69) is 5.16 Å². The zero-order valence-electron chi connectivity index (χ0n) is 15.5. The van der Waals surface area contributed by atoms with Gasteiger partial charge in [-0.15, -0.1) is 0 Å². The summed E-state index contributed by atoms with van der Waals surface area (Å²) >= 11 is 17.9.